The number of amides is 1. The van der Waals surface area contributed by atoms with Gasteiger partial charge < -0.3 is 15.4 Å². The molecule has 1 atom stereocenters. The number of aromatic nitrogens is 1. The molecule has 0 aliphatic carbocycles. The van der Waals surface area contributed by atoms with Crippen LogP contribution in [0.15, 0.2) is 30.5 Å². The number of nitrogens with zero attached hydrogens (tertiary/aromatic N) is 2. The predicted molar refractivity (Wildman–Crippen MR) is 105 cm³/mol. The summed E-state index contributed by atoms with van der Waals surface area (Å²) >= 11 is 0. The van der Waals surface area contributed by atoms with Crippen LogP contribution in [0, 0.1) is 18.2 Å². The highest BCUT2D eigenvalue weighted by atomic mass is 32.2. The number of sulfonamides is 1. The van der Waals surface area contributed by atoms with E-state index in [2.05, 4.69) is 15.6 Å². The van der Waals surface area contributed by atoms with Crippen molar-refractivity contribution >= 4 is 27.6 Å². The van der Waals surface area contributed by atoms with Crippen LogP contribution in [-0.4, -0.2) is 49.5 Å². The van der Waals surface area contributed by atoms with Gasteiger partial charge in [-0.3, -0.25) is 10.2 Å². The minimum absolute atomic E-state index is 0.0311. The minimum atomic E-state index is -3.75. The van der Waals surface area contributed by atoms with E-state index in [1.807, 2.05) is 0 Å². The first-order chi connectivity index (χ1) is 13.6. The average molecular weight is 421 g/mol. The van der Waals surface area contributed by atoms with Crippen LogP contribution in [-0.2, 0) is 10.0 Å². The van der Waals surface area contributed by atoms with Gasteiger partial charge in [-0.05, 0) is 36.8 Å². The number of methoxy groups -OCH3 is 1. The summed E-state index contributed by atoms with van der Waals surface area (Å²) in [6, 6.07) is 4.55. The molecule has 0 spiro atoms. The van der Waals surface area contributed by atoms with Gasteiger partial charge in [0.2, 0.25) is 16.0 Å². The Kier molecular flexibility index (Phi) is 5.42. The van der Waals surface area contributed by atoms with E-state index >= 15 is 0 Å². The maximum Gasteiger partial charge on any atom is 0.274 e. The molecule has 11 heteroatoms. The Bertz CT molecular complexity index is 1090. The predicted octanol–water partition coefficient (Wildman–Crippen LogP) is 1.63. The smallest absolute Gasteiger partial charge is 0.274 e. The van der Waals surface area contributed by atoms with Crippen LogP contribution >= 0.6 is 0 Å². The number of ether oxygens (including phenoxy) is 1. The Morgan fingerprint density at radius 2 is 2.14 bits per heavy atom. The third kappa shape index (κ3) is 4.14. The lowest BCUT2D eigenvalue weighted by Gasteiger charge is -2.32. The standard InChI is InChI=1S/C18H20FN5O4S/c1-10-6-12(28-3)8-21-16(10)17(25)22-11-4-5-14(19)13(7-11)15-9-29(26,27)24(2)18(20)23-15/h4-8,15H,9H2,1-3H3,(H2,20,23)(H,22,25). The van der Waals surface area contributed by atoms with Gasteiger partial charge in [-0.1, -0.05) is 0 Å². The molecule has 29 heavy (non-hydrogen) atoms. The number of halogens is 1. The Balaban J connectivity index is 1.86. The number of aryl methyl sites for hydroxylation is 1. The SMILES string of the molecule is COc1cnc(C(=O)Nc2ccc(F)c(C3CS(=O)(=O)N(C)C(=N)N3)c2)c(C)c1. The van der Waals surface area contributed by atoms with Gasteiger partial charge in [0.15, 0.2) is 0 Å². The average Bonchev–Trinajstić information content (AvgIpc) is 2.66. The summed E-state index contributed by atoms with van der Waals surface area (Å²) in [4.78, 5) is 16.6. The number of anilines is 1. The summed E-state index contributed by atoms with van der Waals surface area (Å²) in [7, 11) is -1.00. The summed E-state index contributed by atoms with van der Waals surface area (Å²) in [5.74, 6) is -1.40. The van der Waals surface area contributed by atoms with Gasteiger partial charge in [0, 0.05) is 18.3 Å². The highest BCUT2D eigenvalue weighted by molar-refractivity contribution is 7.89. The third-order valence-corrected chi connectivity index (χ3v) is 6.33. The van der Waals surface area contributed by atoms with E-state index in [-0.39, 0.29) is 22.9 Å². The molecular weight excluding hydrogens is 401 g/mol. The monoisotopic (exact) mass is 421 g/mol. The molecule has 3 rings (SSSR count). The summed E-state index contributed by atoms with van der Waals surface area (Å²) in [6.07, 6.45) is 1.41. The second-order valence-corrected chi connectivity index (χ2v) is 8.57. The molecule has 3 N–H and O–H groups in total. The summed E-state index contributed by atoms with van der Waals surface area (Å²) in [5.41, 5.74) is 1.08. The molecule has 1 aliphatic rings. The maximum atomic E-state index is 14.4. The molecule has 2 heterocycles. The van der Waals surface area contributed by atoms with E-state index in [1.54, 1.807) is 13.0 Å². The molecule has 1 aliphatic heterocycles. The molecule has 0 bridgehead atoms. The van der Waals surface area contributed by atoms with Crippen LogP contribution in [0.3, 0.4) is 0 Å². The molecular formula is C18H20FN5O4S. The van der Waals surface area contributed by atoms with E-state index in [0.29, 0.717) is 11.3 Å². The lowest BCUT2D eigenvalue weighted by atomic mass is 10.1. The van der Waals surface area contributed by atoms with Crippen molar-refractivity contribution < 1.29 is 22.3 Å². The zero-order chi connectivity index (χ0) is 21.3. The van der Waals surface area contributed by atoms with Crippen LogP contribution in [0.5, 0.6) is 5.75 Å². The zero-order valence-corrected chi connectivity index (χ0v) is 16.8. The topological polar surface area (TPSA) is 124 Å². The first-order valence-electron chi connectivity index (χ1n) is 8.55. The van der Waals surface area contributed by atoms with E-state index in [4.69, 9.17) is 10.1 Å². The number of rotatable bonds is 4. The van der Waals surface area contributed by atoms with E-state index < -0.39 is 33.5 Å². The normalized spacial score (nSPS) is 18.1. The van der Waals surface area contributed by atoms with Crippen LogP contribution in [0.4, 0.5) is 10.1 Å². The van der Waals surface area contributed by atoms with Gasteiger partial charge in [0.25, 0.3) is 5.91 Å². The van der Waals surface area contributed by atoms with Gasteiger partial charge in [-0.25, -0.2) is 22.1 Å². The Hall–Kier alpha value is -3.21. The molecule has 154 valence electrons. The number of carbonyl (C=O) groups is 1. The van der Waals surface area contributed by atoms with Crippen LogP contribution in [0.25, 0.3) is 0 Å². The molecule has 1 fully saturated rings. The number of carbonyl (C=O) groups excluding carboxylic acids is 1. The molecule has 2 aromatic rings. The summed E-state index contributed by atoms with van der Waals surface area (Å²) in [5, 5.41) is 13.1. The lowest BCUT2D eigenvalue weighted by molar-refractivity contribution is 0.102. The first kappa shape index (κ1) is 20.5. The Morgan fingerprint density at radius 3 is 2.76 bits per heavy atom. The first-order valence-corrected chi connectivity index (χ1v) is 10.2. The van der Waals surface area contributed by atoms with Crippen molar-refractivity contribution in [3.8, 4) is 5.75 Å². The quantitative estimate of drug-likeness (QED) is 0.689. The number of benzene rings is 1. The van der Waals surface area contributed by atoms with E-state index in [9.17, 15) is 17.6 Å². The molecule has 1 unspecified atom stereocenters. The Labute approximate surface area is 167 Å². The summed E-state index contributed by atoms with van der Waals surface area (Å²) in [6.45, 7) is 1.71. The van der Waals surface area contributed by atoms with Gasteiger partial charge >= 0.3 is 0 Å². The van der Waals surface area contributed by atoms with E-state index in [1.165, 1.54) is 32.5 Å². The molecule has 1 saturated heterocycles. The maximum absolute atomic E-state index is 14.4. The van der Waals surface area contributed by atoms with Crippen molar-refractivity contribution in [1.82, 2.24) is 14.6 Å². The number of guanidine groups is 1. The number of nitrogens with one attached hydrogen (secondary N) is 3. The van der Waals surface area contributed by atoms with Gasteiger partial charge in [0.05, 0.1) is 25.1 Å². The number of hydrogen-bond donors (Lipinski definition) is 3. The van der Waals surface area contributed by atoms with Crippen molar-refractivity contribution in [3.05, 3.63) is 53.1 Å². The third-order valence-electron chi connectivity index (χ3n) is 4.55. The second-order valence-electron chi connectivity index (χ2n) is 6.52. The minimum Gasteiger partial charge on any atom is -0.495 e. The zero-order valence-electron chi connectivity index (χ0n) is 16.0. The fourth-order valence-corrected chi connectivity index (χ4v) is 4.14. The van der Waals surface area contributed by atoms with Crippen LogP contribution in [0.1, 0.15) is 27.7 Å². The fraction of sp³-hybridized carbons (Fsp3) is 0.278. The lowest BCUT2D eigenvalue weighted by Crippen LogP contribution is -2.52. The largest absolute Gasteiger partial charge is 0.495 e. The van der Waals surface area contributed by atoms with Crippen molar-refractivity contribution in [3.63, 3.8) is 0 Å². The van der Waals surface area contributed by atoms with Crippen molar-refractivity contribution in [2.75, 3.05) is 25.2 Å². The molecule has 0 radical (unpaired) electrons. The second kappa shape index (κ2) is 7.66. The summed E-state index contributed by atoms with van der Waals surface area (Å²) < 4.78 is 44.6. The fourth-order valence-electron chi connectivity index (χ4n) is 2.90. The van der Waals surface area contributed by atoms with Crippen molar-refractivity contribution in [2.24, 2.45) is 0 Å². The number of pyridine rings is 1. The highest BCUT2D eigenvalue weighted by Crippen LogP contribution is 2.26. The molecule has 9 nitrogen and oxygen atoms in total. The van der Waals surface area contributed by atoms with Crippen molar-refractivity contribution in [1.29, 1.82) is 5.41 Å². The number of hydrogen-bond acceptors (Lipinski definition) is 6. The molecule has 0 saturated carbocycles. The van der Waals surface area contributed by atoms with Crippen LogP contribution in [0.2, 0.25) is 0 Å². The molecule has 1 aromatic carbocycles. The molecule has 1 aromatic heterocycles. The van der Waals surface area contributed by atoms with Gasteiger partial charge in [-0.2, -0.15) is 0 Å². The Morgan fingerprint density at radius 1 is 1.41 bits per heavy atom. The van der Waals surface area contributed by atoms with Crippen LogP contribution < -0.4 is 15.4 Å². The highest BCUT2D eigenvalue weighted by Gasteiger charge is 2.34. The molecule has 1 amide bonds. The van der Waals surface area contributed by atoms with Gasteiger partial charge in [-0.15, -0.1) is 0 Å². The van der Waals surface area contributed by atoms with Gasteiger partial charge in [0.1, 0.15) is 17.3 Å². The van der Waals surface area contributed by atoms with E-state index in [0.717, 1.165) is 10.4 Å². The van der Waals surface area contributed by atoms with Crippen molar-refractivity contribution in [2.45, 2.75) is 13.0 Å².